The maximum atomic E-state index is 11.6. The quantitative estimate of drug-likeness (QED) is 0.154. The van der Waals surface area contributed by atoms with Gasteiger partial charge in [-0.05, 0) is 97.3 Å². The van der Waals surface area contributed by atoms with E-state index in [1.54, 1.807) is 0 Å². The van der Waals surface area contributed by atoms with Gasteiger partial charge in [-0.1, -0.05) is 94.2 Å². The summed E-state index contributed by atoms with van der Waals surface area (Å²) in [4.78, 5) is 10.2. The molecule has 0 aromatic heterocycles. The summed E-state index contributed by atoms with van der Waals surface area (Å²) in [5.74, 6) is 1.49. The van der Waals surface area contributed by atoms with E-state index < -0.39 is 0 Å². The van der Waals surface area contributed by atoms with Crippen LogP contribution in [0.4, 0.5) is 0 Å². The van der Waals surface area contributed by atoms with Gasteiger partial charge in [0.15, 0.2) is 0 Å². The first-order chi connectivity index (χ1) is 21.0. The van der Waals surface area contributed by atoms with Gasteiger partial charge in [-0.15, -0.1) is 0 Å². The van der Waals surface area contributed by atoms with Gasteiger partial charge in [0, 0.05) is 51.5 Å². The van der Waals surface area contributed by atoms with Crippen molar-refractivity contribution in [2.45, 2.75) is 168 Å². The van der Waals surface area contributed by atoms with E-state index in [1.165, 1.54) is 11.1 Å². The second-order valence-corrected chi connectivity index (χ2v) is 14.0. The summed E-state index contributed by atoms with van der Waals surface area (Å²) in [7, 11) is 0. The van der Waals surface area contributed by atoms with E-state index >= 15 is 0 Å². The summed E-state index contributed by atoms with van der Waals surface area (Å²) < 4.78 is 0. The fourth-order valence-electron chi connectivity index (χ4n) is 7.47. The molecule has 1 radical (unpaired) electrons. The molecule has 0 saturated heterocycles. The Kier molecular flexibility index (Phi) is 16.8. The second-order valence-electron chi connectivity index (χ2n) is 14.0. The molecule has 0 spiro atoms. The molecule has 2 atom stereocenters. The predicted molar refractivity (Wildman–Crippen MR) is 197 cm³/mol. The van der Waals surface area contributed by atoms with Crippen LogP contribution >= 0.6 is 0 Å². The summed E-state index contributed by atoms with van der Waals surface area (Å²) in [5, 5.41) is 23.2. The molecule has 2 aromatic carbocycles. The molecule has 4 nitrogen and oxygen atoms in total. The summed E-state index contributed by atoms with van der Waals surface area (Å²) in [6, 6.07) is 8.82. The smallest absolute Gasteiger partial charge is 0.128 e. The van der Waals surface area contributed by atoms with E-state index in [4.69, 9.17) is 9.98 Å². The van der Waals surface area contributed by atoms with E-state index in [0.29, 0.717) is 23.3 Å². The first kappa shape index (κ1) is 41.9. The molecule has 46 heavy (non-hydrogen) atoms. The van der Waals surface area contributed by atoms with Gasteiger partial charge in [0.05, 0.1) is 12.1 Å². The summed E-state index contributed by atoms with van der Waals surface area (Å²) in [5.41, 5.74) is 6.19. The van der Waals surface area contributed by atoms with E-state index in [9.17, 15) is 10.2 Å². The minimum atomic E-state index is -0.0362. The van der Waals surface area contributed by atoms with Crippen molar-refractivity contribution in [2.75, 3.05) is 0 Å². The molecule has 1 aliphatic carbocycles. The molecular formula is C41H65CoN2O2-. The molecule has 2 unspecified atom stereocenters. The molecule has 2 N–H and O–H groups in total. The minimum absolute atomic E-state index is 0. The number of phenols is 2. The van der Waals surface area contributed by atoms with Gasteiger partial charge in [-0.3, -0.25) is 9.98 Å². The molecule has 0 bridgehead atoms. The molecule has 0 heterocycles. The molecule has 3 rings (SSSR count). The molecule has 5 heteroatoms. The Labute approximate surface area is 293 Å². The average Bonchev–Trinajstić information content (AvgIpc) is 3.03. The summed E-state index contributed by atoms with van der Waals surface area (Å²) in [6.07, 6.45) is 14.0. The zero-order valence-corrected chi connectivity index (χ0v) is 32.0. The zero-order valence-electron chi connectivity index (χ0n) is 31.0. The maximum Gasteiger partial charge on any atom is 0.128 e. The van der Waals surface area contributed by atoms with Crippen molar-refractivity contribution in [1.29, 1.82) is 0 Å². The maximum absolute atomic E-state index is 11.6. The molecule has 261 valence electrons. The standard InChI is InChI=1S/C40H62N2O2.CH3.Co/c1-11-39(12-2,13-3)33-23-29(27(7)8)21-31(37(33)43)25-41-35-19-17-18-20-36(35)42-26-32-22-30(28(9)10)24-34(38(32)44)40(14-4,15-5)16-6;;/h21-28,35-36,43-44H,11-20H2,1-10H3;1H3;/q;-1;. The Morgan fingerprint density at radius 2 is 0.935 bits per heavy atom. The first-order valence-corrected chi connectivity index (χ1v) is 17.8. The van der Waals surface area contributed by atoms with Crippen LogP contribution in [0, 0.1) is 7.43 Å². The van der Waals surface area contributed by atoms with Crippen LogP contribution < -0.4 is 0 Å². The number of hydrogen-bond acceptors (Lipinski definition) is 4. The van der Waals surface area contributed by atoms with Crippen molar-refractivity contribution in [3.05, 3.63) is 65.1 Å². The number of aliphatic imine (C=N–C) groups is 2. The molecule has 1 aliphatic rings. The molecular weight excluding hydrogens is 611 g/mol. The van der Waals surface area contributed by atoms with Crippen LogP contribution in [-0.2, 0) is 27.6 Å². The topological polar surface area (TPSA) is 65.2 Å². The van der Waals surface area contributed by atoms with Crippen molar-refractivity contribution in [3.63, 3.8) is 0 Å². The van der Waals surface area contributed by atoms with Crippen LogP contribution in [-0.4, -0.2) is 34.7 Å². The van der Waals surface area contributed by atoms with Gasteiger partial charge in [-0.2, -0.15) is 0 Å². The van der Waals surface area contributed by atoms with Crippen molar-refractivity contribution in [2.24, 2.45) is 9.98 Å². The third kappa shape index (κ3) is 8.86. The van der Waals surface area contributed by atoms with E-state index in [2.05, 4.69) is 93.5 Å². The van der Waals surface area contributed by atoms with Crippen LogP contribution in [0.2, 0.25) is 0 Å². The zero-order chi connectivity index (χ0) is 32.7. The number of benzene rings is 2. The van der Waals surface area contributed by atoms with Crippen LogP contribution in [0.25, 0.3) is 0 Å². The fourth-order valence-corrected chi connectivity index (χ4v) is 7.47. The van der Waals surface area contributed by atoms with E-state index in [1.807, 2.05) is 12.4 Å². The van der Waals surface area contributed by atoms with E-state index in [0.717, 1.165) is 86.5 Å². The van der Waals surface area contributed by atoms with Gasteiger partial charge in [-0.25, -0.2) is 0 Å². The Morgan fingerprint density at radius 1 is 0.630 bits per heavy atom. The van der Waals surface area contributed by atoms with Crippen LogP contribution in [0.3, 0.4) is 0 Å². The third-order valence-electron chi connectivity index (χ3n) is 11.4. The molecule has 1 fully saturated rings. The Bertz CT molecular complexity index is 1170. The number of phenolic OH excluding ortho intramolecular Hbond substituents is 2. The number of aromatic hydroxyl groups is 2. The van der Waals surface area contributed by atoms with Crippen molar-refractivity contribution >= 4 is 12.4 Å². The second kappa shape index (κ2) is 18.4. The van der Waals surface area contributed by atoms with Crippen molar-refractivity contribution in [1.82, 2.24) is 0 Å². The van der Waals surface area contributed by atoms with Crippen molar-refractivity contribution < 1.29 is 27.0 Å². The predicted octanol–water partition coefficient (Wildman–Crippen LogP) is 11.6. The summed E-state index contributed by atoms with van der Waals surface area (Å²) in [6.45, 7) is 22.3. The molecule has 2 aromatic rings. The number of nitrogens with zero attached hydrogens (tertiary/aromatic N) is 2. The molecule has 1 saturated carbocycles. The fraction of sp³-hybridized carbons (Fsp3) is 0.634. The monoisotopic (exact) mass is 676 g/mol. The normalized spacial score (nSPS) is 17.6. The van der Waals surface area contributed by atoms with Gasteiger partial charge in [0.2, 0.25) is 0 Å². The van der Waals surface area contributed by atoms with Gasteiger partial charge in [0.25, 0.3) is 0 Å². The number of hydrogen-bond donors (Lipinski definition) is 2. The van der Waals surface area contributed by atoms with Crippen molar-refractivity contribution in [3.8, 4) is 11.5 Å². The SMILES string of the molecule is CCC(CC)(CC)c1cc(C(C)C)cc(C=NC2CCCCC2N=Cc2cc(C(C)C)cc(C(CC)(CC)CC)c2O)c1O.[CH3-].[Co]. The van der Waals surface area contributed by atoms with E-state index in [-0.39, 0.29) is 47.1 Å². The van der Waals surface area contributed by atoms with Crippen LogP contribution in [0.1, 0.15) is 179 Å². The van der Waals surface area contributed by atoms with Crippen LogP contribution in [0.5, 0.6) is 11.5 Å². The Hall–Kier alpha value is -2.11. The molecule has 0 aliphatic heterocycles. The third-order valence-corrected chi connectivity index (χ3v) is 11.4. The largest absolute Gasteiger partial charge is 0.507 e. The van der Waals surface area contributed by atoms with Crippen LogP contribution in [0.15, 0.2) is 34.3 Å². The molecule has 0 amide bonds. The van der Waals surface area contributed by atoms with Gasteiger partial charge < -0.3 is 17.6 Å². The Balaban J connectivity index is 0.00000529. The summed E-state index contributed by atoms with van der Waals surface area (Å²) >= 11 is 0. The first-order valence-electron chi connectivity index (χ1n) is 17.8. The van der Waals surface area contributed by atoms with Gasteiger partial charge >= 0.3 is 0 Å². The number of rotatable bonds is 14. The Morgan fingerprint density at radius 3 is 1.20 bits per heavy atom. The average molecular weight is 677 g/mol. The minimum Gasteiger partial charge on any atom is -0.507 e. The van der Waals surface area contributed by atoms with Gasteiger partial charge in [0.1, 0.15) is 11.5 Å².